The molecule has 0 aliphatic carbocycles. The Kier molecular flexibility index (Phi) is 6.20. The molecule has 0 atom stereocenters. The van der Waals surface area contributed by atoms with Crippen LogP contribution < -0.4 is 4.90 Å². The lowest BCUT2D eigenvalue weighted by atomic mass is 10.1. The molecule has 2 N–H and O–H groups in total. The number of Topliss-reactive ketones (excluding diaryl/α,β-unsaturated/α-hetero) is 1. The summed E-state index contributed by atoms with van der Waals surface area (Å²) in [6, 6.07) is 11.7. The number of ketones is 1. The lowest BCUT2D eigenvalue weighted by Crippen LogP contribution is -2.21. The molecular formula is C20H21N3O4S. The number of thioether (sulfide) groups is 1. The second-order valence-electron chi connectivity index (χ2n) is 6.01. The Morgan fingerprint density at radius 2 is 1.79 bits per heavy atom. The summed E-state index contributed by atoms with van der Waals surface area (Å²) in [5.41, 5.74) is 2.07. The number of rotatable bonds is 8. The fraction of sp³-hybridized carbons (Fsp3) is 0.250. The average Bonchev–Trinajstić information content (AvgIpc) is 3.17. The van der Waals surface area contributed by atoms with Crippen LogP contribution in [0, 0.1) is 0 Å². The van der Waals surface area contributed by atoms with Crippen molar-refractivity contribution in [3.63, 3.8) is 0 Å². The van der Waals surface area contributed by atoms with Crippen LogP contribution in [0.15, 0.2) is 52.1 Å². The van der Waals surface area contributed by atoms with Crippen LogP contribution in [0.2, 0.25) is 0 Å². The zero-order valence-corrected chi connectivity index (χ0v) is 16.4. The highest BCUT2D eigenvalue weighted by molar-refractivity contribution is 7.99. The number of benzene rings is 2. The molecule has 0 radical (unpaired) electrons. The van der Waals surface area contributed by atoms with E-state index in [4.69, 9.17) is 4.42 Å². The zero-order chi connectivity index (χ0) is 20.1. The Balaban J connectivity index is 1.65. The number of hydrogen-bond donors (Lipinski definition) is 2. The minimum absolute atomic E-state index is 0.0286. The van der Waals surface area contributed by atoms with E-state index in [2.05, 4.69) is 28.9 Å². The smallest absolute Gasteiger partial charge is 0.277 e. The number of anilines is 1. The second-order valence-corrected chi connectivity index (χ2v) is 6.93. The largest absolute Gasteiger partial charge is 0.508 e. The summed E-state index contributed by atoms with van der Waals surface area (Å²) in [6.45, 7) is 6.08. The number of aromatic hydroxyl groups is 2. The Bertz CT molecular complexity index is 952. The quantitative estimate of drug-likeness (QED) is 0.434. The summed E-state index contributed by atoms with van der Waals surface area (Å²) < 4.78 is 5.63. The minimum Gasteiger partial charge on any atom is -0.508 e. The van der Waals surface area contributed by atoms with E-state index in [1.54, 1.807) is 0 Å². The summed E-state index contributed by atoms with van der Waals surface area (Å²) >= 11 is 1.10. The predicted octanol–water partition coefficient (Wildman–Crippen LogP) is 3.97. The van der Waals surface area contributed by atoms with Crippen LogP contribution in [0.25, 0.3) is 11.5 Å². The molecule has 8 heteroatoms. The first kappa shape index (κ1) is 19.8. The van der Waals surface area contributed by atoms with Crippen LogP contribution in [-0.2, 0) is 0 Å². The van der Waals surface area contributed by atoms with Gasteiger partial charge in [0.1, 0.15) is 11.5 Å². The molecule has 28 heavy (non-hydrogen) atoms. The van der Waals surface area contributed by atoms with Gasteiger partial charge in [-0.1, -0.05) is 11.8 Å². The molecule has 0 fully saturated rings. The highest BCUT2D eigenvalue weighted by Crippen LogP contribution is 2.28. The van der Waals surface area contributed by atoms with Gasteiger partial charge in [-0.25, -0.2) is 0 Å². The lowest BCUT2D eigenvalue weighted by Gasteiger charge is -2.20. The summed E-state index contributed by atoms with van der Waals surface area (Å²) in [5.74, 6) is -0.249. The molecular weight excluding hydrogens is 378 g/mol. The maximum Gasteiger partial charge on any atom is 0.277 e. The number of hydrogen-bond acceptors (Lipinski definition) is 8. The van der Waals surface area contributed by atoms with Gasteiger partial charge in [-0.2, -0.15) is 0 Å². The Morgan fingerprint density at radius 3 is 2.43 bits per heavy atom. The van der Waals surface area contributed by atoms with Crippen molar-refractivity contribution < 1.29 is 19.4 Å². The monoisotopic (exact) mass is 399 g/mol. The van der Waals surface area contributed by atoms with E-state index in [-0.39, 0.29) is 33.8 Å². The van der Waals surface area contributed by atoms with Crippen LogP contribution in [0.1, 0.15) is 24.2 Å². The van der Waals surface area contributed by atoms with Gasteiger partial charge in [-0.05, 0) is 50.2 Å². The van der Waals surface area contributed by atoms with Crippen molar-refractivity contribution in [3.05, 3.63) is 48.0 Å². The SMILES string of the molecule is CCN(CC)c1ccc(-c2nnc(SCC(=O)c3ccc(O)cc3O)o2)cc1. The molecule has 7 nitrogen and oxygen atoms in total. The van der Waals surface area contributed by atoms with E-state index < -0.39 is 0 Å². The summed E-state index contributed by atoms with van der Waals surface area (Å²) in [7, 11) is 0. The first-order chi connectivity index (χ1) is 13.5. The third-order valence-corrected chi connectivity index (χ3v) is 5.08. The Morgan fingerprint density at radius 1 is 1.07 bits per heavy atom. The van der Waals surface area contributed by atoms with Crippen molar-refractivity contribution in [2.24, 2.45) is 0 Å². The minimum atomic E-state index is -0.300. The van der Waals surface area contributed by atoms with Gasteiger partial charge in [-0.15, -0.1) is 10.2 Å². The molecule has 0 aliphatic heterocycles. The second kappa shape index (κ2) is 8.79. The fourth-order valence-electron chi connectivity index (χ4n) is 2.75. The third kappa shape index (κ3) is 4.45. The van der Waals surface area contributed by atoms with Gasteiger partial charge >= 0.3 is 0 Å². The molecule has 1 heterocycles. The van der Waals surface area contributed by atoms with Crippen molar-refractivity contribution in [1.29, 1.82) is 0 Å². The van der Waals surface area contributed by atoms with E-state index in [0.29, 0.717) is 5.89 Å². The van der Waals surface area contributed by atoms with Crippen LogP contribution in [-0.4, -0.2) is 45.0 Å². The molecule has 3 rings (SSSR count). The summed E-state index contributed by atoms with van der Waals surface area (Å²) in [6.07, 6.45) is 0. The highest BCUT2D eigenvalue weighted by atomic mass is 32.2. The van der Waals surface area contributed by atoms with Crippen molar-refractivity contribution in [1.82, 2.24) is 10.2 Å². The molecule has 0 amide bonds. The number of carbonyl (C=O) groups excluding carboxylic acids is 1. The van der Waals surface area contributed by atoms with Crippen LogP contribution in [0.4, 0.5) is 5.69 Å². The number of aromatic nitrogens is 2. The van der Waals surface area contributed by atoms with Gasteiger partial charge in [0.05, 0.1) is 11.3 Å². The molecule has 3 aromatic rings. The molecule has 146 valence electrons. The van der Waals surface area contributed by atoms with E-state index in [0.717, 1.165) is 42.2 Å². The number of phenols is 2. The Labute approximate surface area is 167 Å². The molecule has 0 saturated carbocycles. The average molecular weight is 399 g/mol. The van der Waals surface area contributed by atoms with E-state index in [1.165, 1.54) is 12.1 Å². The maximum absolute atomic E-state index is 12.2. The topological polar surface area (TPSA) is 99.7 Å². The standard InChI is InChI=1S/C20H21N3O4S/c1-3-23(4-2)14-7-5-13(6-8-14)19-21-22-20(27-19)28-12-18(26)16-10-9-15(24)11-17(16)25/h5-11,24-25H,3-4,12H2,1-2H3. The van der Waals surface area contributed by atoms with Crippen molar-refractivity contribution in [3.8, 4) is 23.0 Å². The fourth-order valence-corrected chi connectivity index (χ4v) is 3.40. The number of phenolic OH excluding ortho intramolecular Hbond substituents is 2. The van der Waals surface area contributed by atoms with Gasteiger partial charge in [-0.3, -0.25) is 4.79 Å². The first-order valence-corrected chi connectivity index (χ1v) is 9.87. The van der Waals surface area contributed by atoms with E-state index in [9.17, 15) is 15.0 Å². The van der Waals surface area contributed by atoms with Gasteiger partial charge < -0.3 is 19.5 Å². The normalized spacial score (nSPS) is 10.8. The molecule has 2 aromatic carbocycles. The van der Waals surface area contributed by atoms with Crippen molar-refractivity contribution in [2.75, 3.05) is 23.7 Å². The van der Waals surface area contributed by atoms with Gasteiger partial charge in [0.15, 0.2) is 5.78 Å². The van der Waals surface area contributed by atoms with Gasteiger partial charge in [0, 0.05) is 30.4 Å². The molecule has 0 unspecified atom stereocenters. The predicted molar refractivity (Wildman–Crippen MR) is 108 cm³/mol. The van der Waals surface area contributed by atoms with Crippen LogP contribution in [0.3, 0.4) is 0 Å². The van der Waals surface area contributed by atoms with E-state index >= 15 is 0 Å². The first-order valence-electron chi connectivity index (χ1n) is 8.88. The van der Waals surface area contributed by atoms with Gasteiger partial charge in [0.2, 0.25) is 5.89 Å². The molecule has 0 bridgehead atoms. The molecule has 0 aliphatic rings. The summed E-state index contributed by atoms with van der Waals surface area (Å²) in [4.78, 5) is 14.5. The Hall–Kier alpha value is -3.00. The lowest BCUT2D eigenvalue weighted by molar-refractivity contribution is 0.101. The zero-order valence-electron chi connectivity index (χ0n) is 15.6. The molecule has 1 aromatic heterocycles. The maximum atomic E-state index is 12.2. The number of nitrogens with zero attached hydrogens (tertiary/aromatic N) is 3. The number of carbonyl (C=O) groups is 1. The van der Waals surface area contributed by atoms with Crippen molar-refractivity contribution >= 4 is 23.2 Å². The summed E-state index contributed by atoms with van der Waals surface area (Å²) in [5, 5.41) is 27.3. The highest BCUT2D eigenvalue weighted by Gasteiger charge is 2.15. The van der Waals surface area contributed by atoms with Crippen molar-refractivity contribution in [2.45, 2.75) is 19.1 Å². The van der Waals surface area contributed by atoms with Gasteiger partial charge in [0.25, 0.3) is 5.22 Å². The van der Waals surface area contributed by atoms with Crippen LogP contribution in [0.5, 0.6) is 11.5 Å². The van der Waals surface area contributed by atoms with Crippen LogP contribution >= 0.6 is 11.8 Å². The molecule has 0 spiro atoms. The molecule has 0 saturated heterocycles. The third-order valence-electron chi connectivity index (χ3n) is 4.26. The van der Waals surface area contributed by atoms with E-state index in [1.807, 2.05) is 24.3 Å².